The number of ether oxygens (including phenoxy) is 1. The van der Waals surface area contributed by atoms with E-state index in [0.717, 1.165) is 15.8 Å². The molecule has 1 saturated heterocycles. The minimum absolute atomic E-state index is 0.194. The van der Waals surface area contributed by atoms with Gasteiger partial charge in [0.2, 0.25) is 0 Å². The van der Waals surface area contributed by atoms with Gasteiger partial charge in [-0.2, -0.15) is 0 Å². The van der Waals surface area contributed by atoms with Crippen molar-refractivity contribution in [3.8, 4) is 5.75 Å². The zero-order valence-corrected chi connectivity index (χ0v) is 15.1. The Hall–Kier alpha value is -1.99. The average molecular weight is 409 g/mol. The Balaban J connectivity index is 1.75. The zero-order valence-electron chi connectivity index (χ0n) is 12.7. The quantitative estimate of drug-likeness (QED) is 0.744. The van der Waals surface area contributed by atoms with Crippen LogP contribution < -0.4 is 15.4 Å². The van der Waals surface area contributed by atoms with E-state index in [-0.39, 0.29) is 11.7 Å². The summed E-state index contributed by atoms with van der Waals surface area (Å²) in [6.45, 7) is 0. The molecule has 4 nitrogen and oxygen atoms in total. The number of para-hydroxylation sites is 1. The molecule has 0 spiro atoms. The standard InChI is InChI=1S/C17H14BrFN2O2S/c1-23-14-7-6-10(8-11(14)18)9-15-16(22)21-17(24-15)20-13-5-3-2-4-12(13)19/h2-9,17,20H,1H3,(H,21,22)/b15-9-. The van der Waals surface area contributed by atoms with Crippen molar-refractivity contribution in [1.29, 1.82) is 0 Å². The average Bonchev–Trinajstić information content (AvgIpc) is 2.89. The Labute approximate surface area is 151 Å². The van der Waals surface area contributed by atoms with E-state index in [4.69, 9.17) is 4.74 Å². The first-order valence-electron chi connectivity index (χ1n) is 7.10. The highest BCUT2D eigenvalue weighted by atomic mass is 79.9. The van der Waals surface area contributed by atoms with Crippen molar-refractivity contribution in [2.45, 2.75) is 5.50 Å². The van der Waals surface area contributed by atoms with E-state index in [9.17, 15) is 9.18 Å². The summed E-state index contributed by atoms with van der Waals surface area (Å²) in [6.07, 6.45) is 1.78. The van der Waals surface area contributed by atoms with E-state index in [1.165, 1.54) is 17.8 Å². The van der Waals surface area contributed by atoms with E-state index < -0.39 is 5.50 Å². The largest absolute Gasteiger partial charge is 0.496 e. The van der Waals surface area contributed by atoms with Gasteiger partial charge in [-0.15, -0.1) is 0 Å². The highest BCUT2D eigenvalue weighted by Crippen LogP contribution is 2.32. The van der Waals surface area contributed by atoms with Crippen molar-refractivity contribution in [1.82, 2.24) is 5.32 Å². The molecule has 0 bridgehead atoms. The Bertz CT molecular complexity index is 813. The first kappa shape index (κ1) is 16.9. The smallest absolute Gasteiger partial charge is 0.260 e. The highest BCUT2D eigenvalue weighted by molar-refractivity contribution is 9.10. The third-order valence-electron chi connectivity index (χ3n) is 3.36. The van der Waals surface area contributed by atoms with Gasteiger partial charge >= 0.3 is 0 Å². The van der Waals surface area contributed by atoms with Crippen molar-refractivity contribution < 1.29 is 13.9 Å². The van der Waals surface area contributed by atoms with Crippen LogP contribution in [0.25, 0.3) is 6.08 Å². The maximum atomic E-state index is 13.7. The molecule has 0 saturated carbocycles. The lowest BCUT2D eigenvalue weighted by Gasteiger charge is -2.12. The van der Waals surface area contributed by atoms with Crippen LogP contribution >= 0.6 is 27.7 Å². The number of halogens is 2. The lowest BCUT2D eigenvalue weighted by atomic mass is 10.2. The van der Waals surface area contributed by atoms with Gasteiger partial charge in [0, 0.05) is 0 Å². The molecule has 1 aliphatic heterocycles. The van der Waals surface area contributed by atoms with Crippen LogP contribution in [0, 0.1) is 5.82 Å². The predicted molar refractivity (Wildman–Crippen MR) is 98.2 cm³/mol. The van der Waals surface area contributed by atoms with Crippen molar-refractivity contribution in [3.63, 3.8) is 0 Å². The number of hydrogen-bond acceptors (Lipinski definition) is 4. The number of anilines is 1. The number of amides is 1. The fourth-order valence-electron chi connectivity index (χ4n) is 2.21. The molecule has 0 aromatic heterocycles. The van der Waals surface area contributed by atoms with Gasteiger partial charge in [0.25, 0.3) is 5.91 Å². The van der Waals surface area contributed by atoms with Gasteiger partial charge in [-0.3, -0.25) is 4.79 Å². The maximum absolute atomic E-state index is 13.7. The van der Waals surface area contributed by atoms with Crippen LogP contribution in [0.1, 0.15) is 5.56 Å². The molecular weight excluding hydrogens is 395 g/mol. The molecule has 1 fully saturated rings. The van der Waals surface area contributed by atoms with Crippen molar-refractivity contribution in [2.75, 3.05) is 12.4 Å². The number of thioether (sulfide) groups is 1. The summed E-state index contributed by atoms with van der Waals surface area (Å²) in [7, 11) is 1.59. The van der Waals surface area contributed by atoms with Crippen LogP contribution in [0.5, 0.6) is 5.75 Å². The highest BCUT2D eigenvalue weighted by Gasteiger charge is 2.27. The van der Waals surface area contributed by atoms with Crippen LogP contribution in [0.4, 0.5) is 10.1 Å². The van der Waals surface area contributed by atoms with Crippen molar-refractivity contribution in [3.05, 3.63) is 63.2 Å². The fraction of sp³-hybridized carbons (Fsp3) is 0.118. The van der Waals surface area contributed by atoms with Gasteiger partial charge in [-0.1, -0.05) is 30.0 Å². The molecule has 1 amide bonds. The third kappa shape index (κ3) is 3.73. The third-order valence-corrected chi connectivity index (χ3v) is 5.01. The molecule has 24 heavy (non-hydrogen) atoms. The summed E-state index contributed by atoms with van der Waals surface area (Å²) < 4.78 is 19.7. The Morgan fingerprint density at radius 1 is 1.33 bits per heavy atom. The first-order chi connectivity index (χ1) is 11.6. The van der Waals surface area contributed by atoms with E-state index >= 15 is 0 Å². The summed E-state index contributed by atoms with van der Waals surface area (Å²) in [6, 6.07) is 11.9. The summed E-state index contributed by atoms with van der Waals surface area (Å²) in [5, 5.41) is 5.75. The predicted octanol–water partition coefficient (Wildman–Crippen LogP) is 4.20. The van der Waals surface area contributed by atoms with Crippen LogP contribution in [-0.4, -0.2) is 18.5 Å². The Kier molecular flexibility index (Phi) is 5.11. The second-order valence-electron chi connectivity index (χ2n) is 5.00. The molecule has 1 unspecified atom stereocenters. The number of benzene rings is 2. The van der Waals surface area contributed by atoms with Gasteiger partial charge in [0.15, 0.2) is 5.50 Å². The van der Waals surface area contributed by atoms with E-state index in [1.54, 1.807) is 31.4 Å². The first-order valence-corrected chi connectivity index (χ1v) is 8.78. The van der Waals surface area contributed by atoms with E-state index in [0.29, 0.717) is 10.6 Å². The molecule has 2 N–H and O–H groups in total. The molecule has 1 heterocycles. The molecule has 0 aliphatic carbocycles. The minimum Gasteiger partial charge on any atom is -0.496 e. The number of nitrogens with one attached hydrogen (secondary N) is 2. The molecule has 124 valence electrons. The molecule has 1 atom stereocenters. The van der Waals surface area contributed by atoms with Crippen molar-refractivity contribution in [2.24, 2.45) is 0 Å². The number of rotatable bonds is 4. The van der Waals surface area contributed by atoms with Crippen LogP contribution in [-0.2, 0) is 4.79 Å². The van der Waals surface area contributed by atoms with Crippen molar-refractivity contribution >= 4 is 45.4 Å². The molecule has 2 aromatic rings. The summed E-state index contributed by atoms with van der Waals surface area (Å²) >= 11 is 4.73. The van der Waals surface area contributed by atoms with Gasteiger partial charge in [-0.25, -0.2) is 4.39 Å². The molecule has 0 radical (unpaired) electrons. The van der Waals surface area contributed by atoms with Crippen LogP contribution in [0.15, 0.2) is 51.8 Å². The normalized spacial score (nSPS) is 18.5. The summed E-state index contributed by atoms with van der Waals surface area (Å²) in [5.41, 5.74) is 0.804. The summed E-state index contributed by atoms with van der Waals surface area (Å²) in [4.78, 5) is 12.7. The second kappa shape index (κ2) is 7.27. The topological polar surface area (TPSA) is 50.4 Å². The van der Waals surface area contributed by atoms with E-state index in [2.05, 4.69) is 26.6 Å². The lowest BCUT2D eigenvalue weighted by molar-refractivity contribution is -0.116. The number of hydrogen-bond donors (Lipinski definition) is 2. The van der Waals surface area contributed by atoms with Gasteiger partial charge in [0.05, 0.1) is 22.2 Å². The van der Waals surface area contributed by atoms with Crippen LogP contribution in [0.3, 0.4) is 0 Å². The fourth-order valence-corrected chi connectivity index (χ4v) is 3.74. The molecule has 7 heteroatoms. The van der Waals surface area contributed by atoms with E-state index in [1.807, 2.05) is 18.2 Å². The maximum Gasteiger partial charge on any atom is 0.260 e. The van der Waals surface area contributed by atoms with Crippen LogP contribution in [0.2, 0.25) is 0 Å². The Morgan fingerprint density at radius 2 is 2.12 bits per heavy atom. The van der Waals surface area contributed by atoms with Gasteiger partial charge in [0.1, 0.15) is 11.6 Å². The second-order valence-corrected chi connectivity index (χ2v) is 7.00. The monoisotopic (exact) mass is 408 g/mol. The lowest BCUT2D eigenvalue weighted by Crippen LogP contribution is -2.31. The zero-order chi connectivity index (χ0) is 17.1. The molecule has 1 aliphatic rings. The Morgan fingerprint density at radius 3 is 2.83 bits per heavy atom. The van der Waals surface area contributed by atoms with Gasteiger partial charge < -0.3 is 15.4 Å². The summed E-state index contributed by atoms with van der Waals surface area (Å²) in [5.74, 6) is 0.171. The molecule has 2 aromatic carbocycles. The number of carbonyl (C=O) groups is 1. The van der Waals surface area contributed by atoms with Gasteiger partial charge in [-0.05, 0) is 51.8 Å². The number of methoxy groups -OCH3 is 1. The number of carbonyl (C=O) groups excluding carboxylic acids is 1. The SMILES string of the molecule is COc1ccc(/C=C2\SC(Nc3ccccc3F)NC2=O)cc1Br. The minimum atomic E-state index is -0.415. The molecular formula is C17H14BrFN2O2S. The molecule has 3 rings (SSSR count).